The number of hydrogen-bond donors (Lipinski definition) is 3. The van der Waals surface area contributed by atoms with E-state index >= 15 is 0 Å². The SMILES string of the molecule is CCCCC/C=C\CCCCCCCC(=O)OCCCCCCCCCCCCCCCCCCCCCCCCC(=O)NC(CO)C(O)CCCCCCCCCCCCCCCCCCCCCCC. The van der Waals surface area contributed by atoms with E-state index in [-0.39, 0.29) is 18.5 Å². The molecule has 2 unspecified atom stereocenters. The molecule has 428 valence electrons. The molecule has 0 aliphatic carbocycles. The highest BCUT2D eigenvalue weighted by Gasteiger charge is 2.20. The predicted molar refractivity (Wildman–Crippen MR) is 315 cm³/mol. The van der Waals surface area contributed by atoms with Crippen molar-refractivity contribution in [3.8, 4) is 0 Å². The molecule has 0 bridgehead atoms. The van der Waals surface area contributed by atoms with Gasteiger partial charge in [-0.3, -0.25) is 9.59 Å². The first-order valence-electron chi connectivity index (χ1n) is 32.9. The van der Waals surface area contributed by atoms with Crippen LogP contribution in [0.2, 0.25) is 0 Å². The molecule has 0 radical (unpaired) electrons. The third-order valence-electron chi connectivity index (χ3n) is 15.6. The van der Waals surface area contributed by atoms with Crippen molar-refractivity contribution in [1.82, 2.24) is 5.32 Å². The lowest BCUT2D eigenvalue weighted by molar-refractivity contribution is -0.143. The van der Waals surface area contributed by atoms with Crippen molar-refractivity contribution in [1.29, 1.82) is 0 Å². The Kier molecular flexibility index (Phi) is 60.9. The largest absolute Gasteiger partial charge is 0.466 e. The second-order valence-electron chi connectivity index (χ2n) is 22.8. The van der Waals surface area contributed by atoms with Gasteiger partial charge in [-0.1, -0.05) is 321 Å². The molecule has 0 fully saturated rings. The molecule has 0 aromatic carbocycles. The molecule has 3 N–H and O–H groups in total. The summed E-state index contributed by atoms with van der Waals surface area (Å²) in [5.74, 6) is -0.0267. The summed E-state index contributed by atoms with van der Waals surface area (Å²) in [7, 11) is 0. The fourth-order valence-electron chi connectivity index (χ4n) is 10.5. The second-order valence-corrected chi connectivity index (χ2v) is 22.8. The molecule has 0 spiro atoms. The van der Waals surface area contributed by atoms with Gasteiger partial charge in [0.1, 0.15) is 0 Å². The normalized spacial score (nSPS) is 12.6. The van der Waals surface area contributed by atoms with Gasteiger partial charge in [0.15, 0.2) is 0 Å². The Morgan fingerprint density at radius 1 is 0.375 bits per heavy atom. The molecule has 0 saturated carbocycles. The number of esters is 1. The Bertz CT molecular complexity index is 1080. The lowest BCUT2D eigenvalue weighted by Crippen LogP contribution is -2.45. The van der Waals surface area contributed by atoms with Crippen LogP contribution in [0.15, 0.2) is 12.2 Å². The van der Waals surface area contributed by atoms with Crippen molar-refractivity contribution in [2.45, 2.75) is 386 Å². The van der Waals surface area contributed by atoms with Crippen molar-refractivity contribution in [2.75, 3.05) is 13.2 Å². The van der Waals surface area contributed by atoms with Crippen LogP contribution < -0.4 is 5.32 Å². The summed E-state index contributed by atoms with van der Waals surface area (Å²) in [6.45, 7) is 4.96. The molecule has 0 aliphatic heterocycles. The fourth-order valence-corrected chi connectivity index (χ4v) is 10.5. The highest BCUT2D eigenvalue weighted by Crippen LogP contribution is 2.19. The van der Waals surface area contributed by atoms with E-state index in [2.05, 4.69) is 31.3 Å². The van der Waals surface area contributed by atoms with Crippen LogP contribution >= 0.6 is 0 Å². The van der Waals surface area contributed by atoms with Crippen molar-refractivity contribution in [2.24, 2.45) is 0 Å². The standard InChI is InChI=1S/C66H129NO5/c1-3-5-7-9-11-13-15-17-18-19-20-23-26-29-32-35-38-42-46-50-54-58-64(69)63(62-68)67-65(70)59-55-51-47-43-39-36-33-30-27-24-21-22-25-28-31-34-37-41-45-49-53-57-61-72-66(71)60-56-52-48-44-40-16-14-12-10-8-6-4-2/h12,14,63-64,68-69H,3-11,13,15-62H2,1-2H3,(H,67,70)/b14-12-. The van der Waals surface area contributed by atoms with Crippen molar-refractivity contribution in [3.63, 3.8) is 0 Å². The average Bonchev–Trinajstić information content (AvgIpc) is 3.38. The number of carbonyl (C=O) groups is 2. The number of rotatable bonds is 62. The molecule has 72 heavy (non-hydrogen) atoms. The number of carbonyl (C=O) groups excluding carboxylic acids is 2. The summed E-state index contributed by atoms with van der Waals surface area (Å²) in [6, 6.07) is -0.542. The Labute approximate surface area is 450 Å². The first-order chi connectivity index (χ1) is 35.5. The number of amides is 1. The van der Waals surface area contributed by atoms with Crippen LogP contribution in [0.25, 0.3) is 0 Å². The van der Waals surface area contributed by atoms with Gasteiger partial charge in [0.2, 0.25) is 5.91 Å². The van der Waals surface area contributed by atoms with Crippen molar-refractivity contribution < 1.29 is 24.5 Å². The van der Waals surface area contributed by atoms with Gasteiger partial charge < -0.3 is 20.3 Å². The van der Waals surface area contributed by atoms with Crippen molar-refractivity contribution >= 4 is 11.9 Å². The molecule has 0 heterocycles. The van der Waals surface area contributed by atoms with E-state index in [0.29, 0.717) is 25.9 Å². The lowest BCUT2D eigenvalue weighted by Gasteiger charge is -2.22. The monoisotopic (exact) mass is 1020 g/mol. The van der Waals surface area contributed by atoms with Crippen LogP contribution in [-0.4, -0.2) is 47.4 Å². The first kappa shape index (κ1) is 70.6. The smallest absolute Gasteiger partial charge is 0.305 e. The maximum Gasteiger partial charge on any atom is 0.305 e. The highest BCUT2D eigenvalue weighted by atomic mass is 16.5. The van der Waals surface area contributed by atoms with Gasteiger partial charge in [-0.15, -0.1) is 0 Å². The molecule has 0 aliphatic rings. The maximum absolute atomic E-state index is 12.5. The van der Waals surface area contributed by atoms with Crippen LogP contribution in [-0.2, 0) is 14.3 Å². The minimum Gasteiger partial charge on any atom is -0.466 e. The molecule has 1 amide bonds. The summed E-state index contributed by atoms with van der Waals surface area (Å²) >= 11 is 0. The third-order valence-corrected chi connectivity index (χ3v) is 15.6. The molecule has 6 nitrogen and oxygen atoms in total. The summed E-state index contributed by atoms with van der Waals surface area (Å²) in [6.07, 6.45) is 75.2. The minimum atomic E-state index is -0.665. The first-order valence-corrected chi connectivity index (χ1v) is 32.9. The van der Waals surface area contributed by atoms with Gasteiger partial charge in [-0.25, -0.2) is 0 Å². The molecule has 0 saturated heterocycles. The fraction of sp³-hybridized carbons (Fsp3) is 0.939. The van der Waals surface area contributed by atoms with Gasteiger partial charge in [0.25, 0.3) is 0 Å². The van der Waals surface area contributed by atoms with Crippen molar-refractivity contribution in [3.05, 3.63) is 12.2 Å². The van der Waals surface area contributed by atoms with Gasteiger partial charge in [-0.05, 0) is 51.4 Å². The summed E-state index contributed by atoms with van der Waals surface area (Å²) in [5.41, 5.74) is 0. The topological polar surface area (TPSA) is 95.9 Å². The molecule has 0 aromatic rings. The lowest BCUT2D eigenvalue weighted by atomic mass is 10.0. The summed E-state index contributed by atoms with van der Waals surface area (Å²) < 4.78 is 5.47. The van der Waals surface area contributed by atoms with E-state index in [0.717, 1.165) is 44.9 Å². The van der Waals surface area contributed by atoms with E-state index in [4.69, 9.17) is 4.74 Å². The molecular formula is C66H129NO5. The van der Waals surface area contributed by atoms with Gasteiger partial charge in [-0.2, -0.15) is 0 Å². The zero-order chi connectivity index (χ0) is 52.2. The number of unbranched alkanes of at least 4 members (excludes halogenated alkanes) is 49. The summed E-state index contributed by atoms with van der Waals surface area (Å²) in [4.78, 5) is 24.5. The van der Waals surface area contributed by atoms with E-state index in [9.17, 15) is 19.8 Å². The minimum absolute atomic E-state index is 0.00412. The molecule has 0 rings (SSSR count). The van der Waals surface area contributed by atoms with Gasteiger partial charge in [0.05, 0.1) is 25.4 Å². The Morgan fingerprint density at radius 2 is 0.653 bits per heavy atom. The highest BCUT2D eigenvalue weighted by molar-refractivity contribution is 5.76. The van der Waals surface area contributed by atoms with Gasteiger partial charge >= 0.3 is 5.97 Å². The van der Waals surface area contributed by atoms with Crippen LogP contribution in [0.5, 0.6) is 0 Å². The number of allylic oxidation sites excluding steroid dienone is 2. The van der Waals surface area contributed by atoms with E-state index in [1.54, 1.807) is 0 Å². The molecule has 6 heteroatoms. The van der Waals surface area contributed by atoms with E-state index in [1.165, 1.54) is 295 Å². The molecule has 0 aromatic heterocycles. The second kappa shape index (κ2) is 62.1. The maximum atomic E-state index is 12.5. The van der Waals surface area contributed by atoms with Crippen LogP contribution in [0.3, 0.4) is 0 Å². The Balaban J connectivity index is 3.38. The zero-order valence-corrected chi connectivity index (χ0v) is 48.9. The quantitative estimate of drug-likeness (QED) is 0.0320. The number of ether oxygens (including phenoxy) is 1. The van der Waals surface area contributed by atoms with Crippen LogP contribution in [0.1, 0.15) is 373 Å². The third kappa shape index (κ3) is 57.9. The number of hydrogen-bond acceptors (Lipinski definition) is 5. The van der Waals surface area contributed by atoms with E-state index in [1.807, 2.05) is 0 Å². The van der Waals surface area contributed by atoms with Gasteiger partial charge in [0, 0.05) is 12.8 Å². The molecule has 2 atom stereocenters. The van der Waals surface area contributed by atoms with E-state index < -0.39 is 12.1 Å². The summed E-state index contributed by atoms with van der Waals surface area (Å²) in [5, 5.41) is 23.4. The average molecular weight is 1020 g/mol. The number of nitrogens with one attached hydrogen (secondary N) is 1. The zero-order valence-electron chi connectivity index (χ0n) is 48.9. The number of aliphatic hydroxyl groups excluding tert-OH is 2. The number of aliphatic hydroxyl groups is 2. The predicted octanol–water partition coefficient (Wildman–Crippen LogP) is 20.8. The molecular weight excluding hydrogens is 887 g/mol. The van der Waals surface area contributed by atoms with Crippen LogP contribution in [0, 0.1) is 0 Å². The Morgan fingerprint density at radius 3 is 1.01 bits per heavy atom. The van der Waals surface area contributed by atoms with Crippen LogP contribution in [0.4, 0.5) is 0 Å². The Hall–Kier alpha value is -1.40.